The van der Waals surface area contributed by atoms with Crippen molar-refractivity contribution < 1.29 is 14.6 Å². The van der Waals surface area contributed by atoms with Crippen LogP contribution in [0.4, 0.5) is 0 Å². The number of hydrogen-bond acceptors (Lipinski definition) is 4. The Morgan fingerprint density at radius 1 is 1.55 bits per heavy atom. The molecular weight excluding hydrogens is 146 g/mol. The van der Waals surface area contributed by atoms with Gasteiger partial charge in [-0.2, -0.15) is 0 Å². The van der Waals surface area contributed by atoms with Crippen molar-refractivity contribution in [2.24, 2.45) is 5.41 Å². The van der Waals surface area contributed by atoms with Crippen LogP contribution in [0, 0.1) is 5.41 Å². The second-order valence-corrected chi connectivity index (χ2v) is 3.31. The topological polar surface area (TPSA) is 81.5 Å². The SMILES string of the molecule is CC(C)(C)C(O)COC=O.N. The van der Waals surface area contributed by atoms with E-state index in [9.17, 15) is 9.90 Å². The zero-order valence-electron chi connectivity index (χ0n) is 7.33. The van der Waals surface area contributed by atoms with Crippen LogP contribution in [0.15, 0.2) is 0 Å². The summed E-state index contributed by atoms with van der Waals surface area (Å²) in [5.41, 5.74) is -0.219. The molecule has 0 aromatic rings. The molecule has 0 radical (unpaired) electrons. The van der Waals surface area contributed by atoms with Crippen LogP contribution in [-0.2, 0) is 9.53 Å². The van der Waals surface area contributed by atoms with E-state index in [1.807, 2.05) is 20.8 Å². The predicted octanol–water partition coefficient (Wildman–Crippen LogP) is 0.728. The third kappa shape index (κ3) is 5.82. The highest BCUT2D eigenvalue weighted by molar-refractivity contribution is 5.36. The predicted molar refractivity (Wildman–Crippen MR) is 42.5 cm³/mol. The largest absolute Gasteiger partial charge is 0.465 e. The summed E-state index contributed by atoms with van der Waals surface area (Å²) in [6.07, 6.45) is -0.585. The fourth-order valence-corrected chi connectivity index (χ4v) is 0.380. The van der Waals surface area contributed by atoms with Gasteiger partial charge in [0.05, 0.1) is 6.10 Å². The van der Waals surface area contributed by atoms with Gasteiger partial charge in [-0.1, -0.05) is 20.8 Å². The number of aliphatic hydroxyl groups excluding tert-OH is 1. The Labute approximate surface area is 67.1 Å². The van der Waals surface area contributed by atoms with E-state index >= 15 is 0 Å². The minimum atomic E-state index is -0.585. The first-order chi connectivity index (χ1) is 4.48. The lowest BCUT2D eigenvalue weighted by Gasteiger charge is -2.24. The lowest BCUT2D eigenvalue weighted by Crippen LogP contribution is -2.30. The molecule has 1 atom stereocenters. The van der Waals surface area contributed by atoms with E-state index in [2.05, 4.69) is 4.74 Å². The van der Waals surface area contributed by atoms with Crippen LogP contribution in [0.1, 0.15) is 20.8 Å². The highest BCUT2D eigenvalue weighted by atomic mass is 16.5. The van der Waals surface area contributed by atoms with Gasteiger partial charge in [-0.05, 0) is 5.41 Å². The molecule has 0 aliphatic carbocycles. The molecule has 0 heterocycles. The van der Waals surface area contributed by atoms with Crippen molar-refractivity contribution in [2.45, 2.75) is 26.9 Å². The Morgan fingerprint density at radius 2 is 2.00 bits per heavy atom. The number of rotatable bonds is 3. The van der Waals surface area contributed by atoms with Crippen LogP contribution in [0.3, 0.4) is 0 Å². The van der Waals surface area contributed by atoms with E-state index < -0.39 is 6.10 Å². The minimum absolute atomic E-state index is 0. The number of carbonyl (C=O) groups is 1. The van der Waals surface area contributed by atoms with Gasteiger partial charge in [-0.15, -0.1) is 0 Å². The average molecular weight is 163 g/mol. The van der Waals surface area contributed by atoms with Crippen molar-refractivity contribution in [3.63, 3.8) is 0 Å². The molecule has 0 aliphatic heterocycles. The monoisotopic (exact) mass is 163 g/mol. The van der Waals surface area contributed by atoms with Gasteiger partial charge in [-0.3, -0.25) is 4.79 Å². The van der Waals surface area contributed by atoms with Crippen LogP contribution in [0.25, 0.3) is 0 Å². The first-order valence-electron chi connectivity index (χ1n) is 3.22. The summed E-state index contributed by atoms with van der Waals surface area (Å²) < 4.78 is 4.39. The van der Waals surface area contributed by atoms with Crippen molar-refractivity contribution in [1.82, 2.24) is 6.15 Å². The Balaban J connectivity index is 0. The van der Waals surface area contributed by atoms with E-state index in [4.69, 9.17) is 0 Å². The Morgan fingerprint density at radius 3 is 2.27 bits per heavy atom. The maximum atomic E-state index is 9.70. The molecule has 11 heavy (non-hydrogen) atoms. The molecule has 0 spiro atoms. The average Bonchev–Trinajstić information content (AvgIpc) is 1.80. The number of aliphatic hydroxyl groups is 1. The molecule has 0 fully saturated rings. The molecule has 4 heteroatoms. The van der Waals surface area contributed by atoms with Gasteiger partial charge >= 0.3 is 0 Å². The van der Waals surface area contributed by atoms with Crippen LogP contribution in [0.2, 0.25) is 0 Å². The van der Waals surface area contributed by atoms with E-state index in [0.717, 1.165) is 0 Å². The summed E-state index contributed by atoms with van der Waals surface area (Å²) in [6.45, 7) is 6.06. The maximum Gasteiger partial charge on any atom is 0.293 e. The van der Waals surface area contributed by atoms with E-state index in [-0.39, 0.29) is 18.2 Å². The standard InChI is InChI=1S/C7H14O3.H3N/c1-7(2,3)6(9)4-10-5-8;/h5-6,9H,4H2,1-3H3;1H3. The quantitative estimate of drug-likeness (QED) is 0.601. The van der Waals surface area contributed by atoms with Gasteiger partial charge in [0.1, 0.15) is 6.61 Å². The third-order valence-corrected chi connectivity index (χ3v) is 1.32. The molecule has 0 saturated heterocycles. The molecule has 0 aromatic carbocycles. The van der Waals surface area contributed by atoms with Crippen LogP contribution >= 0.6 is 0 Å². The lowest BCUT2D eigenvalue weighted by atomic mass is 9.90. The van der Waals surface area contributed by atoms with Crippen LogP contribution < -0.4 is 6.15 Å². The van der Waals surface area contributed by atoms with Gasteiger partial charge in [-0.25, -0.2) is 0 Å². The first kappa shape index (κ1) is 13.0. The highest BCUT2D eigenvalue weighted by Crippen LogP contribution is 2.18. The summed E-state index contributed by atoms with van der Waals surface area (Å²) in [5, 5.41) is 9.23. The fourth-order valence-electron chi connectivity index (χ4n) is 0.380. The first-order valence-corrected chi connectivity index (χ1v) is 3.22. The van der Waals surface area contributed by atoms with Crippen molar-refractivity contribution in [3.05, 3.63) is 0 Å². The van der Waals surface area contributed by atoms with E-state index in [1.165, 1.54) is 0 Å². The Hall–Kier alpha value is -0.610. The molecule has 0 amide bonds. The molecule has 0 aliphatic rings. The zero-order chi connectivity index (χ0) is 8.20. The van der Waals surface area contributed by atoms with E-state index in [1.54, 1.807) is 0 Å². The third-order valence-electron chi connectivity index (χ3n) is 1.32. The Bertz CT molecular complexity index is 109. The summed E-state index contributed by atoms with van der Waals surface area (Å²) in [5.74, 6) is 0. The normalized spacial score (nSPS) is 13.1. The van der Waals surface area contributed by atoms with Gasteiger partial charge in [0.25, 0.3) is 6.47 Å². The van der Waals surface area contributed by atoms with Crippen molar-refractivity contribution in [3.8, 4) is 0 Å². The van der Waals surface area contributed by atoms with E-state index in [0.29, 0.717) is 6.47 Å². The summed E-state index contributed by atoms with van der Waals surface area (Å²) in [6, 6.07) is 0. The Kier molecular flexibility index (Phi) is 6.03. The molecule has 1 unspecified atom stereocenters. The molecule has 68 valence electrons. The zero-order valence-corrected chi connectivity index (χ0v) is 7.33. The number of carbonyl (C=O) groups excluding carboxylic acids is 1. The number of ether oxygens (including phenoxy) is 1. The molecule has 0 saturated carbocycles. The molecule has 4 nitrogen and oxygen atoms in total. The van der Waals surface area contributed by atoms with Gasteiger partial charge in [0.2, 0.25) is 0 Å². The molecule has 0 rings (SSSR count). The van der Waals surface area contributed by atoms with Crippen molar-refractivity contribution in [2.75, 3.05) is 6.61 Å². The molecule has 0 bridgehead atoms. The summed E-state index contributed by atoms with van der Waals surface area (Å²) >= 11 is 0. The minimum Gasteiger partial charge on any atom is -0.465 e. The van der Waals surface area contributed by atoms with Crippen molar-refractivity contribution in [1.29, 1.82) is 0 Å². The van der Waals surface area contributed by atoms with Gasteiger partial charge < -0.3 is 16.0 Å². The molecule has 0 aromatic heterocycles. The number of hydrogen-bond donors (Lipinski definition) is 2. The van der Waals surface area contributed by atoms with Crippen LogP contribution in [-0.4, -0.2) is 24.3 Å². The van der Waals surface area contributed by atoms with Gasteiger partial charge in [0, 0.05) is 0 Å². The molecule has 4 N–H and O–H groups in total. The van der Waals surface area contributed by atoms with Crippen molar-refractivity contribution >= 4 is 6.47 Å². The fraction of sp³-hybridized carbons (Fsp3) is 0.857. The smallest absolute Gasteiger partial charge is 0.293 e. The lowest BCUT2D eigenvalue weighted by molar-refractivity contribution is -0.133. The molecular formula is C7H17NO3. The second-order valence-electron chi connectivity index (χ2n) is 3.31. The van der Waals surface area contributed by atoms with Crippen LogP contribution in [0.5, 0.6) is 0 Å². The highest BCUT2D eigenvalue weighted by Gasteiger charge is 2.21. The summed E-state index contributed by atoms with van der Waals surface area (Å²) in [7, 11) is 0. The van der Waals surface area contributed by atoms with Gasteiger partial charge in [0.15, 0.2) is 0 Å². The second kappa shape index (κ2) is 5.09. The maximum absolute atomic E-state index is 9.70. The summed E-state index contributed by atoms with van der Waals surface area (Å²) in [4.78, 5) is 9.70.